The number of rotatable bonds is 10. The van der Waals surface area contributed by atoms with Gasteiger partial charge in [-0.25, -0.2) is 0 Å². The quantitative estimate of drug-likeness (QED) is 0.336. The SMILES string of the molecule is CCCCCOc1ccc(-c2ccc(-c3ccc(CNOC)cc3)cc2)cc1. The lowest BCUT2D eigenvalue weighted by atomic mass is 9.99. The molecule has 3 aromatic rings. The number of unbranched alkanes of at least 4 members (excludes halogenated alkanes) is 2. The molecule has 0 saturated heterocycles. The lowest BCUT2D eigenvalue weighted by Gasteiger charge is -2.08. The summed E-state index contributed by atoms with van der Waals surface area (Å²) in [4.78, 5) is 4.89. The minimum absolute atomic E-state index is 0.702. The topological polar surface area (TPSA) is 30.5 Å². The van der Waals surface area contributed by atoms with Crippen LogP contribution in [-0.4, -0.2) is 13.7 Å². The molecule has 3 rings (SSSR count). The van der Waals surface area contributed by atoms with E-state index >= 15 is 0 Å². The van der Waals surface area contributed by atoms with E-state index in [0.29, 0.717) is 6.54 Å². The van der Waals surface area contributed by atoms with Gasteiger partial charge in [0.25, 0.3) is 0 Å². The minimum Gasteiger partial charge on any atom is -0.494 e. The largest absolute Gasteiger partial charge is 0.494 e. The first-order valence-corrected chi connectivity index (χ1v) is 9.98. The van der Waals surface area contributed by atoms with Gasteiger partial charge in [-0.2, -0.15) is 5.48 Å². The van der Waals surface area contributed by atoms with Gasteiger partial charge >= 0.3 is 0 Å². The second-order valence-electron chi connectivity index (χ2n) is 6.88. The maximum absolute atomic E-state index is 5.80. The molecule has 0 aliphatic carbocycles. The number of nitrogens with one attached hydrogen (secondary N) is 1. The Bertz CT molecular complexity index is 824. The Labute approximate surface area is 168 Å². The van der Waals surface area contributed by atoms with Crippen molar-refractivity contribution in [2.24, 2.45) is 0 Å². The van der Waals surface area contributed by atoms with Crippen LogP contribution in [0.3, 0.4) is 0 Å². The van der Waals surface area contributed by atoms with E-state index in [2.05, 4.69) is 85.2 Å². The lowest BCUT2D eigenvalue weighted by molar-refractivity contribution is 0.0867. The van der Waals surface area contributed by atoms with Gasteiger partial charge in [-0.1, -0.05) is 80.4 Å². The van der Waals surface area contributed by atoms with Gasteiger partial charge in [-0.05, 0) is 46.4 Å². The van der Waals surface area contributed by atoms with Crippen molar-refractivity contribution in [2.75, 3.05) is 13.7 Å². The first-order chi connectivity index (χ1) is 13.8. The van der Waals surface area contributed by atoms with Gasteiger partial charge in [-0.15, -0.1) is 0 Å². The van der Waals surface area contributed by atoms with Crippen molar-refractivity contribution in [1.29, 1.82) is 0 Å². The van der Waals surface area contributed by atoms with E-state index in [1.165, 1.54) is 40.7 Å². The lowest BCUT2D eigenvalue weighted by Crippen LogP contribution is -2.10. The van der Waals surface area contributed by atoms with E-state index in [1.807, 2.05) is 0 Å². The van der Waals surface area contributed by atoms with Gasteiger partial charge in [0.1, 0.15) is 5.75 Å². The predicted octanol–water partition coefficient (Wildman–Crippen LogP) is 6.24. The molecule has 0 radical (unpaired) electrons. The molecule has 3 heteroatoms. The van der Waals surface area contributed by atoms with Crippen molar-refractivity contribution in [3.63, 3.8) is 0 Å². The van der Waals surface area contributed by atoms with E-state index in [9.17, 15) is 0 Å². The van der Waals surface area contributed by atoms with Crippen molar-refractivity contribution in [1.82, 2.24) is 5.48 Å². The molecule has 3 nitrogen and oxygen atoms in total. The highest BCUT2D eigenvalue weighted by Crippen LogP contribution is 2.26. The summed E-state index contributed by atoms with van der Waals surface area (Å²) >= 11 is 0. The molecule has 0 aliphatic rings. The Kier molecular flexibility index (Phi) is 7.65. The molecule has 0 unspecified atom stereocenters. The van der Waals surface area contributed by atoms with Gasteiger partial charge in [0, 0.05) is 6.54 Å². The van der Waals surface area contributed by atoms with Crippen molar-refractivity contribution >= 4 is 0 Å². The number of ether oxygens (including phenoxy) is 1. The fourth-order valence-corrected chi connectivity index (χ4v) is 3.11. The van der Waals surface area contributed by atoms with Gasteiger partial charge in [0.05, 0.1) is 13.7 Å². The van der Waals surface area contributed by atoms with Gasteiger partial charge in [0.2, 0.25) is 0 Å². The van der Waals surface area contributed by atoms with Crippen LogP contribution in [0, 0.1) is 0 Å². The van der Waals surface area contributed by atoms with E-state index in [1.54, 1.807) is 7.11 Å². The van der Waals surface area contributed by atoms with Crippen LogP contribution in [0.5, 0.6) is 5.75 Å². The third-order valence-electron chi connectivity index (χ3n) is 4.80. The van der Waals surface area contributed by atoms with E-state index < -0.39 is 0 Å². The van der Waals surface area contributed by atoms with E-state index in [4.69, 9.17) is 9.57 Å². The second kappa shape index (κ2) is 10.6. The van der Waals surface area contributed by atoms with Crippen molar-refractivity contribution in [2.45, 2.75) is 32.7 Å². The highest BCUT2D eigenvalue weighted by atomic mass is 16.6. The molecule has 28 heavy (non-hydrogen) atoms. The summed E-state index contributed by atoms with van der Waals surface area (Å²) in [5.74, 6) is 0.944. The van der Waals surface area contributed by atoms with Crippen LogP contribution in [0.25, 0.3) is 22.3 Å². The summed E-state index contributed by atoms with van der Waals surface area (Å²) in [6.45, 7) is 3.70. The molecule has 3 aromatic carbocycles. The Morgan fingerprint density at radius 3 is 1.68 bits per heavy atom. The Hall–Kier alpha value is -2.62. The van der Waals surface area contributed by atoms with Crippen molar-refractivity contribution in [3.8, 4) is 28.0 Å². The monoisotopic (exact) mass is 375 g/mol. The van der Waals surface area contributed by atoms with Crippen LogP contribution in [0.15, 0.2) is 72.8 Å². The van der Waals surface area contributed by atoms with E-state index in [0.717, 1.165) is 18.8 Å². The zero-order valence-electron chi connectivity index (χ0n) is 16.8. The summed E-state index contributed by atoms with van der Waals surface area (Å²) in [5, 5.41) is 0. The normalized spacial score (nSPS) is 10.8. The number of hydrogen-bond donors (Lipinski definition) is 1. The second-order valence-corrected chi connectivity index (χ2v) is 6.88. The van der Waals surface area contributed by atoms with E-state index in [-0.39, 0.29) is 0 Å². The Balaban J connectivity index is 1.62. The van der Waals surface area contributed by atoms with Crippen LogP contribution in [0.2, 0.25) is 0 Å². The molecule has 1 N–H and O–H groups in total. The average molecular weight is 376 g/mol. The molecule has 0 atom stereocenters. The van der Waals surface area contributed by atoms with Crippen LogP contribution in [-0.2, 0) is 11.4 Å². The Morgan fingerprint density at radius 2 is 1.18 bits per heavy atom. The van der Waals surface area contributed by atoms with Crippen LogP contribution < -0.4 is 10.2 Å². The maximum Gasteiger partial charge on any atom is 0.119 e. The molecule has 0 bridgehead atoms. The average Bonchev–Trinajstić information content (AvgIpc) is 2.76. The van der Waals surface area contributed by atoms with Crippen molar-refractivity contribution < 1.29 is 9.57 Å². The fourth-order valence-electron chi connectivity index (χ4n) is 3.11. The van der Waals surface area contributed by atoms with Crippen molar-refractivity contribution in [3.05, 3.63) is 78.4 Å². The Morgan fingerprint density at radius 1 is 0.679 bits per heavy atom. The number of hydroxylamine groups is 1. The first-order valence-electron chi connectivity index (χ1n) is 9.98. The number of benzene rings is 3. The standard InChI is InChI=1S/C25H29NO2/c1-3-4-5-18-28-25-16-14-24(15-17-25)23-12-10-22(11-13-23)21-8-6-20(7-9-21)19-26-27-2/h6-17,26H,3-5,18-19H2,1-2H3. The highest BCUT2D eigenvalue weighted by molar-refractivity contribution is 5.70. The molecule has 0 saturated carbocycles. The molecule has 0 heterocycles. The highest BCUT2D eigenvalue weighted by Gasteiger charge is 2.02. The molecule has 146 valence electrons. The van der Waals surface area contributed by atoms with Gasteiger partial charge in [0.15, 0.2) is 0 Å². The molecular formula is C25H29NO2. The smallest absolute Gasteiger partial charge is 0.119 e. The number of hydrogen-bond acceptors (Lipinski definition) is 3. The molecular weight excluding hydrogens is 346 g/mol. The molecule has 0 amide bonds. The zero-order valence-corrected chi connectivity index (χ0v) is 16.8. The third-order valence-corrected chi connectivity index (χ3v) is 4.80. The summed E-state index contributed by atoms with van der Waals surface area (Å²) in [5.41, 5.74) is 8.89. The summed E-state index contributed by atoms with van der Waals surface area (Å²) in [6.07, 6.45) is 3.55. The fraction of sp³-hybridized carbons (Fsp3) is 0.280. The van der Waals surface area contributed by atoms with Gasteiger partial charge in [-0.3, -0.25) is 0 Å². The molecule has 0 fully saturated rings. The van der Waals surface area contributed by atoms with Crippen LogP contribution in [0.4, 0.5) is 0 Å². The third kappa shape index (κ3) is 5.69. The summed E-state index contributed by atoms with van der Waals surface area (Å²) in [6, 6.07) is 25.6. The zero-order chi connectivity index (χ0) is 19.6. The van der Waals surface area contributed by atoms with Crippen LogP contribution in [0.1, 0.15) is 31.7 Å². The summed E-state index contributed by atoms with van der Waals surface area (Å²) in [7, 11) is 1.63. The summed E-state index contributed by atoms with van der Waals surface area (Å²) < 4.78 is 5.80. The molecule has 0 aromatic heterocycles. The molecule has 0 aliphatic heterocycles. The van der Waals surface area contributed by atoms with Crippen LogP contribution >= 0.6 is 0 Å². The maximum atomic E-state index is 5.80. The van der Waals surface area contributed by atoms with Gasteiger partial charge < -0.3 is 9.57 Å². The molecule has 0 spiro atoms. The predicted molar refractivity (Wildman–Crippen MR) is 116 cm³/mol. The first kappa shape index (κ1) is 20.1. The minimum atomic E-state index is 0.702.